The first-order valence-corrected chi connectivity index (χ1v) is 11.3. The van der Waals surface area contributed by atoms with Crippen molar-refractivity contribution in [3.63, 3.8) is 0 Å². The van der Waals surface area contributed by atoms with Gasteiger partial charge in [-0.05, 0) is 25.7 Å². The Morgan fingerprint density at radius 3 is 2.25 bits per heavy atom. The van der Waals surface area contributed by atoms with Gasteiger partial charge in [-0.1, -0.05) is 25.7 Å². The van der Waals surface area contributed by atoms with E-state index in [0.717, 1.165) is 12.8 Å². The van der Waals surface area contributed by atoms with Crippen molar-refractivity contribution < 1.29 is 26.3 Å². The van der Waals surface area contributed by atoms with Crippen molar-refractivity contribution in [2.45, 2.75) is 69.0 Å². The number of rotatable bonds is 6. The maximum Gasteiger partial charge on any atom is 0.511 e. The van der Waals surface area contributed by atoms with Gasteiger partial charge in [0.2, 0.25) is 0 Å². The number of aliphatic imine (C=N–C) groups is 1. The highest BCUT2D eigenvalue weighted by Gasteiger charge is 2.50. The second kappa shape index (κ2) is 10.6. The van der Waals surface area contributed by atoms with Crippen molar-refractivity contribution >= 4 is 16.0 Å². The van der Waals surface area contributed by atoms with Gasteiger partial charge >= 0.3 is 15.5 Å². The third kappa shape index (κ3) is 6.77. The van der Waals surface area contributed by atoms with Crippen molar-refractivity contribution in [1.29, 1.82) is 0 Å². The summed E-state index contributed by atoms with van der Waals surface area (Å²) in [6, 6.07) is -0.131. The minimum Gasteiger partial charge on any atom is -0.376 e. The fourth-order valence-electron chi connectivity index (χ4n) is 3.58. The summed E-state index contributed by atoms with van der Waals surface area (Å²) < 4.78 is 67.2. The smallest absolute Gasteiger partial charge is 0.376 e. The van der Waals surface area contributed by atoms with E-state index < -0.39 is 15.5 Å². The minimum absolute atomic E-state index is 0.131. The fourth-order valence-corrected chi connectivity index (χ4v) is 4.56. The molecule has 0 amide bonds. The van der Waals surface area contributed by atoms with Crippen LogP contribution in [0.2, 0.25) is 0 Å². The molecule has 28 heavy (non-hydrogen) atoms. The first-order valence-electron chi connectivity index (χ1n) is 9.89. The monoisotopic (exact) mass is 428 g/mol. The second-order valence-corrected chi connectivity index (χ2v) is 9.18. The first kappa shape index (κ1) is 23.2. The zero-order valence-electron chi connectivity index (χ0n) is 16.3. The summed E-state index contributed by atoms with van der Waals surface area (Å²) in [5.41, 5.74) is -5.25. The van der Waals surface area contributed by atoms with Gasteiger partial charge in [-0.3, -0.25) is 4.99 Å². The summed E-state index contributed by atoms with van der Waals surface area (Å²) in [4.78, 5) is 4.12. The summed E-state index contributed by atoms with van der Waals surface area (Å²) in [7, 11) is -3.63. The van der Waals surface area contributed by atoms with Crippen LogP contribution in [0.15, 0.2) is 4.99 Å². The highest BCUT2D eigenvalue weighted by atomic mass is 32.2. The van der Waals surface area contributed by atoms with E-state index in [1.54, 1.807) is 7.05 Å². The molecule has 1 heterocycles. The Morgan fingerprint density at radius 2 is 1.71 bits per heavy atom. The normalized spacial score (nSPS) is 22.1. The third-order valence-corrected chi connectivity index (χ3v) is 6.83. The Bertz CT molecular complexity index is 597. The lowest BCUT2D eigenvalue weighted by molar-refractivity contribution is -0.0494. The van der Waals surface area contributed by atoms with Crippen molar-refractivity contribution in [2.24, 2.45) is 4.99 Å². The van der Waals surface area contributed by atoms with Gasteiger partial charge in [0.15, 0.2) is 5.96 Å². The molecule has 11 heteroatoms. The van der Waals surface area contributed by atoms with Crippen LogP contribution in [-0.2, 0) is 14.8 Å². The zero-order chi connectivity index (χ0) is 20.6. The molecule has 0 aromatic carbocycles. The molecule has 0 radical (unpaired) electrons. The van der Waals surface area contributed by atoms with E-state index in [1.165, 1.54) is 25.7 Å². The molecule has 7 nitrogen and oxygen atoms in total. The predicted octanol–water partition coefficient (Wildman–Crippen LogP) is 2.20. The number of piperidine rings is 1. The summed E-state index contributed by atoms with van der Waals surface area (Å²) in [5.74, 6) is 0.543. The molecule has 0 aromatic rings. The quantitative estimate of drug-likeness (QED) is 0.293. The van der Waals surface area contributed by atoms with Crippen LogP contribution in [0.5, 0.6) is 0 Å². The second-order valence-electron chi connectivity index (χ2n) is 7.25. The number of sulfonamides is 1. The molecule has 2 N–H and O–H groups in total. The number of hydrogen-bond donors (Lipinski definition) is 2. The summed E-state index contributed by atoms with van der Waals surface area (Å²) in [6.45, 7) is 0.813. The van der Waals surface area contributed by atoms with Crippen LogP contribution in [-0.4, -0.2) is 69.6 Å². The number of halogens is 3. The molecule has 1 saturated carbocycles. The number of ether oxygens (including phenoxy) is 1. The van der Waals surface area contributed by atoms with Crippen molar-refractivity contribution in [1.82, 2.24) is 14.9 Å². The molecule has 0 bridgehead atoms. The molecule has 1 saturated heterocycles. The van der Waals surface area contributed by atoms with E-state index in [0.29, 0.717) is 29.5 Å². The van der Waals surface area contributed by atoms with Gasteiger partial charge in [0.1, 0.15) is 0 Å². The fraction of sp³-hybridized carbons (Fsp3) is 0.941. The topological polar surface area (TPSA) is 83.0 Å². The zero-order valence-corrected chi connectivity index (χ0v) is 17.1. The summed E-state index contributed by atoms with van der Waals surface area (Å²) >= 11 is 0. The third-order valence-electron chi connectivity index (χ3n) is 5.20. The number of hydrogen-bond acceptors (Lipinski definition) is 4. The number of nitrogens with zero attached hydrogens (tertiary/aromatic N) is 2. The van der Waals surface area contributed by atoms with Crippen molar-refractivity contribution in [3.8, 4) is 0 Å². The van der Waals surface area contributed by atoms with Crippen LogP contribution in [0.3, 0.4) is 0 Å². The highest BCUT2D eigenvalue weighted by Crippen LogP contribution is 2.28. The Morgan fingerprint density at radius 1 is 1.11 bits per heavy atom. The van der Waals surface area contributed by atoms with E-state index in [4.69, 9.17) is 4.74 Å². The van der Waals surface area contributed by atoms with Crippen molar-refractivity contribution in [3.05, 3.63) is 0 Å². The lowest BCUT2D eigenvalue weighted by Crippen LogP contribution is -2.52. The lowest BCUT2D eigenvalue weighted by Gasteiger charge is -2.32. The van der Waals surface area contributed by atoms with Crippen LogP contribution in [0.4, 0.5) is 13.2 Å². The van der Waals surface area contributed by atoms with Gasteiger partial charge in [-0.15, -0.1) is 0 Å². The Kier molecular flexibility index (Phi) is 8.81. The number of guanidine groups is 1. The first-order chi connectivity index (χ1) is 13.2. The molecule has 0 atom stereocenters. The molecule has 2 fully saturated rings. The van der Waals surface area contributed by atoms with Gasteiger partial charge in [-0.25, -0.2) is 8.42 Å². The van der Waals surface area contributed by atoms with E-state index in [1.807, 2.05) is 0 Å². The van der Waals surface area contributed by atoms with Gasteiger partial charge < -0.3 is 15.4 Å². The van der Waals surface area contributed by atoms with Gasteiger partial charge in [0.05, 0.1) is 12.7 Å². The molecule has 1 aliphatic carbocycles. The Labute approximate surface area is 165 Å². The molecule has 0 unspecified atom stereocenters. The molecular formula is C17H31F3N4O3S. The predicted molar refractivity (Wildman–Crippen MR) is 102 cm³/mol. The molecule has 0 spiro atoms. The lowest BCUT2D eigenvalue weighted by atomic mass is 10.1. The van der Waals surface area contributed by atoms with Crippen LogP contribution >= 0.6 is 0 Å². The molecular weight excluding hydrogens is 397 g/mol. The van der Waals surface area contributed by atoms with Crippen LogP contribution < -0.4 is 10.6 Å². The van der Waals surface area contributed by atoms with Gasteiger partial charge in [-0.2, -0.15) is 17.5 Å². The van der Waals surface area contributed by atoms with Crippen LogP contribution in [0.25, 0.3) is 0 Å². The van der Waals surface area contributed by atoms with Gasteiger partial charge in [0.25, 0.3) is 0 Å². The molecule has 1 aliphatic heterocycles. The maximum atomic E-state index is 12.6. The molecule has 2 aliphatic rings. The minimum atomic E-state index is -5.25. The average molecular weight is 429 g/mol. The van der Waals surface area contributed by atoms with E-state index in [-0.39, 0.29) is 32.0 Å². The van der Waals surface area contributed by atoms with Gasteiger partial charge in [0, 0.05) is 32.7 Å². The van der Waals surface area contributed by atoms with E-state index in [9.17, 15) is 21.6 Å². The molecule has 2 rings (SSSR count). The summed E-state index contributed by atoms with van der Waals surface area (Å²) in [6.07, 6.45) is 8.07. The number of alkyl halides is 3. The van der Waals surface area contributed by atoms with E-state index >= 15 is 0 Å². The number of nitrogens with one attached hydrogen (secondary N) is 2. The molecule has 0 aromatic heterocycles. The SMILES string of the molecule is CN=C(NCCOC1CCCCCC1)NC1CCN(S(=O)(=O)C(F)(F)F)CC1. The highest BCUT2D eigenvalue weighted by molar-refractivity contribution is 7.90. The van der Waals surface area contributed by atoms with E-state index in [2.05, 4.69) is 15.6 Å². The maximum absolute atomic E-state index is 12.6. The Balaban J connectivity index is 1.68. The van der Waals surface area contributed by atoms with Crippen molar-refractivity contribution in [2.75, 3.05) is 33.3 Å². The summed E-state index contributed by atoms with van der Waals surface area (Å²) in [5, 5.41) is 6.29. The standard InChI is InChI=1S/C17H31F3N4O3S/c1-21-16(22-10-13-27-15-6-4-2-3-5-7-15)23-14-8-11-24(12-9-14)28(25,26)17(18,19)20/h14-15H,2-13H2,1H3,(H2,21,22,23). The average Bonchev–Trinajstić information content (AvgIpc) is 2.92. The largest absolute Gasteiger partial charge is 0.511 e. The van der Waals surface area contributed by atoms with Crippen LogP contribution in [0, 0.1) is 0 Å². The Hall–Kier alpha value is -1.07. The van der Waals surface area contributed by atoms with Crippen LogP contribution in [0.1, 0.15) is 51.4 Å². The molecule has 164 valence electrons.